The average molecular weight is 362 g/mol. The van der Waals surface area contributed by atoms with Gasteiger partial charge in [0.2, 0.25) is 5.95 Å². The number of rotatable bonds is 4. The molecular formula is C19H14N4O4. The smallest absolute Gasteiger partial charge is 0.449 e. The van der Waals surface area contributed by atoms with E-state index in [4.69, 9.17) is 5.11 Å². The van der Waals surface area contributed by atoms with Gasteiger partial charge >= 0.3 is 6.16 Å². The molecule has 2 aromatic carbocycles. The molecule has 0 fully saturated rings. The summed E-state index contributed by atoms with van der Waals surface area (Å²) in [6.45, 7) is 0. The minimum atomic E-state index is -1.44. The van der Waals surface area contributed by atoms with Gasteiger partial charge in [-0.2, -0.15) is 5.10 Å². The van der Waals surface area contributed by atoms with Gasteiger partial charge in [-0.1, -0.05) is 36.4 Å². The second kappa shape index (κ2) is 6.75. The molecule has 2 N–H and O–H groups in total. The van der Waals surface area contributed by atoms with E-state index in [9.17, 15) is 9.59 Å². The number of carboxylic acid groups (broad SMARTS) is 1. The number of aromatic nitrogens is 4. The van der Waals surface area contributed by atoms with Crippen molar-refractivity contribution in [1.82, 2.24) is 19.7 Å². The highest BCUT2D eigenvalue weighted by molar-refractivity contribution is 5.78. The van der Waals surface area contributed by atoms with Crippen molar-refractivity contribution in [3.05, 3.63) is 82.4 Å². The number of carbonyl (C=O) groups is 1. The maximum atomic E-state index is 12.4. The lowest BCUT2D eigenvalue weighted by Crippen LogP contribution is -2.14. The number of nitrogens with zero attached hydrogens (tertiary/aromatic N) is 3. The number of hydrogen-bond donors (Lipinski definition) is 2. The van der Waals surface area contributed by atoms with E-state index in [1.54, 1.807) is 6.07 Å². The maximum Gasteiger partial charge on any atom is 0.511 e. The molecule has 0 aliphatic heterocycles. The molecular weight excluding hydrogens is 348 g/mol. The van der Waals surface area contributed by atoms with Gasteiger partial charge in [-0.05, 0) is 29.7 Å². The summed E-state index contributed by atoms with van der Waals surface area (Å²) < 4.78 is 5.79. The fourth-order valence-corrected chi connectivity index (χ4v) is 2.80. The maximum absolute atomic E-state index is 12.4. The molecule has 8 heteroatoms. The third-order valence-electron chi connectivity index (χ3n) is 3.99. The average Bonchev–Trinajstić information content (AvgIpc) is 3.10. The predicted molar refractivity (Wildman–Crippen MR) is 97.4 cm³/mol. The molecule has 0 aliphatic rings. The molecule has 0 saturated carbocycles. The molecule has 0 radical (unpaired) electrons. The van der Waals surface area contributed by atoms with Crippen LogP contribution in [0.5, 0.6) is 5.75 Å². The van der Waals surface area contributed by atoms with Gasteiger partial charge in [0.1, 0.15) is 0 Å². The van der Waals surface area contributed by atoms with Gasteiger partial charge in [0.25, 0.3) is 5.56 Å². The normalized spacial score (nSPS) is 10.8. The number of ether oxygens (including phenoxy) is 1. The zero-order valence-corrected chi connectivity index (χ0v) is 14.0. The summed E-state index contributed by atoms with van der Waals surface area (Å²) in [5.41, 5.74) is 2.40. The van der Waals surface area contributed by atoms with Crippen LogP contribution in [0.1, 0.15) is 11.1 Å². The van der Waals surface area contributed by atoms with Gasteiger partial charge in [0.15, 0.2) is 5.75 Å². The summed E-state index contributed by atoms with van der Waals surface area (Å²) in [6, 6.07) is 15.5. The van der Waals surface area contributed by atoms with Gasteiger partial charge < -0.3 is 9.84 Å². The van der Waals surface area contributed by atoms with Crippen LogP contribution in [0, 0.1) is 0 Å². The molecule has 4 aromatic rings. The van der Waals surface area contributed by atoms with Crippen LogP contribution in [-0.4, -0.2) is 31.0 Å². The molecule has 0 amide bonds. The number of aromatic amines is 1. The summed E-state index contributed by atoms with van der Waals surface area (Å²) in [5, 5.41) is 13.1. The molecule has 134 valence electrons. The van der Waals surface area contributed by atoms with E-state index in [0.29, 0.717) is 10.9 Å². The molecule has 0 unspecified atom stereocenters. The Balaban J connectivity index is 1.71. The van der Waals surface area contributed by atoms with E-state index in [1.165, 1.54) is 17.1 Å². The number of benzene rings is 2. The van der Waals surface area contributed by atoms with Crippen LogP contribution in [0.4, 0.5) is 4.79 Å². The van der Waals surface area contributed by atoms with Crippen LogP contribution in [0.3, 0.4) is 0 Å². The largest absolute Gasteiger partial charge is 0.511 e. The SMILES string of the molecule is O=C(O)Oc1cnn(-c2nc3cc(Cc4ccccc4)ccc3c(=O)[nH]2)c1. The Labute approximate surface area is 152 Å². The molecule has 0 saturated heterocycles. The molecule has 0 spiro atoms. The van der Waals surface area contributed by atoms with Gasteiger partial charge in [0, 0.05) is 0 Å². The Kier molecular flexibility index (Phi) is 4.13. The van der Waals surface area contributed by atoms with Crippen LogP contribution in [0.15, 0.2) is 65.7 Å². The Morgan fingerprint density at radius 1 is 1.15 bits per heavy atom. The van der Waals surface area contributed by atoms with Crippen molar-refractivity contribution < 1.29 is 14.6 Å². The third-order valence-corrected chi connectivity index (χ3v) is 3.99. The van der Waals surface area contributed by atoms with Crippen molar-refractivity contribution in [1.29, 1.82) is 0 Å². The highest BCUT2D eigenvalue weighted by atomic mass is 16.7. The summed E-state index contributed by atoms with van der Waals surface area (Å²) in [7, 11) is 0. The van der Waals surface area contributed by atoms with E-state index < -0.39 is 6.16 Å². The van der Waals surface area contributed by atoms with Gasteiger partial charge in [-0.25, -0.2) is 14.5 Å². The number of fused-ring (bicyclic) bond motifs is 1. The Bertz CT molecular complexity index is 1180. The molecule has 0 bridgehead atoms. The van der Waals surface area contributed by atoms with Crippen LogP contribution in [0.2, 0.25) is 0 Å². The second-order valence-electron chi connectivity index (χ2n) is 5.89. The number of H-pyrrole nitrogens is 1. The van der Waals surface area contributed by atoms with Crippen molar-refractivity contribution in [2.75, 3.05) is 0 Å². The first-order valence-electron chi connectivity index (χ1n) is 8.11. The van der Waals surface area contributed by atoms with Gasteiger partial charge in [-0.3, -0.25) is 9.78 Å². The minimum Gasteiger partial charge on any atom is -0.449 e. The second-order valence-corrected chi connectivity index (χ2v) is 5.89. The van der Waals surface area contributed by atoms with Crippen LogP contribution in [0.25, 0.3) is 16.9 Å². The molecule has 2 heterocycles. The molecule has 27 heavy (non-hydrogen) atoms. The first-order chi connectivity index (χ1) is 13.1. The summed E-state index contributed by atoms with van der Waals surface area (Å²) in [5.74, 6) is 0.202. The lowest BCUT2D eigenvalue weighted by molar-refractivity contribution is 0.144. The monoisotopic (exact) mass is 362 g/mol. The van der Waals surface area contributed by atoms with Crippen molar-refractivity contribution in [3.8, 4) is 11.7 Å². The minimum absolute atomic E-state index is 0.0306. The Morgan fingerprint density at radius 3 is 2.74 bits per heavy atom. The fraction of sp³-hybridized carbons (Fsp3) is 0.0526. The molecule has 0 aliphatic carbocycles. The van der Waals surface area contributed by atoms with E-state index in [2.05, 4.69) is 19.8 Å². The fourth-order valence-electron chi connectivity index (χ4n) is 2.80. The standard InChI is InChI=1S/C19H14N4O4/c24-17-15-7-6-13(8-12-4-2-1-3-5-12)9-16(15)21-18(22-17)23-11-14(10-20-23)27-19(25)26/h1-7,9-11H,8H2,(H,25,26)(H,21,22,24). The van der Waals surface area contributed by atoms with Gasteiger partial charge in [-0.15, -0.1) is 0 Å². The predicted octanol–water partition coefficient (Wildman–Crippen LogP) is 2.76. The topological polar surface area (TPSA) is 110 Å². The van der Waals surface area contributed by atoms with Crippen LogP contribution >= 0.6 is 0 Å². The summed E-state index contributed by atoms with van der Waals surface area (Å²) in [4.78, 5) is 30.0. The lowest BCUT2D eigenvalue weighted by atomic mass is 10.0. The first kappa shape index (κ1) is 16.5. The van der Waals surface area contributed by atoms with Crippen molar-refractivity contribution in [2.45, 2.75) is 6.42 Å². The zero-order chi connectivity index (χ0) is 18.8. The molecule has 4 rings (SSSR count). The Hall–Kier alpha value is -3.94. The van der Waals surface area contributed by atoms with Crippen molar-refractivity contribution in [3.63, 3.8) is 0 Å². The first-order valence-corrected chi connectivity index (χ1v) is 8.11. The van der Waals surface area contributed by atoms with Crippen LogP contribution < -0.4 is 10.3 Å². The molecule has 0 atom stereocenters. The third kappa shape index (κ3) is 3.54. The Morgan fingerprint density at radius 2 is 1.96 bits per heavy atom. The summed E-state index contributed by atoms with van der Waals surface area (Å²) >= 11 is 0. The summed E-state index contributed by atoms with van der Waals surface area (Å²) in [6.07, 6.45) is 1.83. The van der Waals surface area contributed by atoms with E-state index in [0.717, 1.165) is 17.5 Å². The highest BCUT2D eigenvalue weighted by Gasteiger charge is 2.10. The van der Waals surface area contributed by atoms with E-state index in [-0.39, 0.29) is 17.3 Å². The van der Waals surface area contributed by atoms with E-state index in [1.807, 2.05) is 42.5 Å². The quantitative estimate of drug-likeness (QED) is 0.540. The van der Waals surface area contributed by atoms with Crippen molar-refractivity contribution in [2.24, 2.45) is 0 Å². The molecule has 2 aromatic heterocycles. The number of hydrogen-bond acceptors (Lipinski definition) is 5. The number of nitrogens with one attached hydrogen (secondary N) is 1. The van der Waals surface area contributed by atoms with Crippen molar-refractivity contribution >= 4 is 17.1 Å². The highest BCUT2D eigenvalue weighted by Crippen LogP contribution is 2.16. The molecule has 8 nitrogen and oxygen atoms in total. The lowest BCUT2D eigenvalue weighted by Gasteiger charge is -2.06. The van der Waals surface area contributed by atoms with Gasteiger partial charge in [0.05, 0.1) is 23.3 Å². The zero-order valence-electron chi connectivity index (χ0n) is 14.0. The van der Waals surface area contributed by atoms with E-state index >= 15 is 0 Å². The van der Waals surface area contributed by atoms with Crippen LogP contribution in [-0.2, 0) is 6.42 Å².